The third-order valence-electron chi connectivity index (χ3n) is 2.54. The van der Waals surface area contributed by atoms with Crippen molar-refractivity contribution in [1.29, 1.82) is 0 Å². The molecule has 78 valence electrons. The van der Waals surface area contributed by atoms with Gasteiger partial charge >= 0.3 is 6.09 Å². The standard InChI is InChI=1S/C10H15NO3/c1-10(2,3)14-9(13)11-5-6-4-7(6)8(11)12/h6-7H,4-5H2,1-3H3. The number of nitrogens with zero attached hydrogens (tertiary/aromatic N) is 1. The summed E-state index contributed by atoms with van der Waals surface area (Å²) in [6, 6.07) is 0. The van der Waals surface area contributed by atoms with E-state index >= 15 is 0 Å². The van der Waals surface area contributed by atoms with E-state index in [9.17, 15) is 9.59 Å². The molecule has 2 fully saturated rings. The van der Waals surface area contributed by atoms with Crippen LogP contribution in [0.25, 0.3) is 0 Å². The molecule has 0 aromatic rings. The van der Waals surface area contributed by atoms with Gasteiger partial charge in [0.25, 0.3) is 0 Å². The number of hydrogen-bond donors (Lipinski definition) is 0. The van der Waals surface area contributed by atoms with Crippen molar-refractivity contribution in [3.05, 3.63) is 0 Å². The number of rotatable bonds is 0. The van der Waals surface area contributed by atoms with E-state index in [-0.39, 0.29) is 11.8 Å². The minimum absolute atomic E-state index is 0.0516. The van der Waals surface area contributed by atoms with Gasteiger partial charge in [-0.15, -0.1) is 0 Å². The molecule has 14 heavy (non-hydrogen) atoms. The van der Waals surface area contributed by atoms with Crippen LogP contribution in [0.4, 0.5) is 4.79 Å². The van der Waals surface area contributed by atoms with Gasteiger partial charge in [0.2, 0.25) is 5.91 Å². The van der Waals surface area contributed by atoms with Crippen LogP contribution < -0.4 is 0 Å². The summed E-state index contributed by atoms with van der Waals surface area (Å²) in [5.41, 5.74) is -0.524. The average molecular weight is 197 g/mol. The topological polar surface area (TPSA) is 46.6 Å². The van der Waals surface area contributed by atoms with E-state index in [0.717, 1.165) is 6.42 Å². The third-order valence-corrected chi connectivity index (χ3v) is 2.54. The van der Waals surface area contributed by atoms with Gasteiger partial charge in [-0.3, -0.25) is 4.79 Å². The number of fused-ring (bicyclic) bond motifs is 1. The normalized spacial score (nSPS) is 30.2. The van der Waals surface area contributed by atoms with E-state index in [1.165, 1.54) is 4.90 Å². The van der Waals surface area contributed by atoms with Gasteiger partial charge in [0.1, 0.15) is 5.60 Å². The molecule has 0 aromatic heterocycles. The summed E-state index contributed by atoms with van der Waals surface area (Å²) < 4.78 is 5.13. The predicted molar refractivity (Wildman–Crippen MR) is 49.5 cm³/mol. The van der Waals surface area contributed by atoms with E-state index in [0.29, 0.717) is 12.5 Å². The van der Waals surface area contributed by atoms with Crippen molar-refractivity contribution in [2.45, 2.75) is 32.8 Å². The number of carbonyl (C=O) groups excluding carboxylic acids is 2. The zero-order valence-corrected chi connectivity index (χ0v) is 8.74. The molecule has 1 aliphatic carbocycles. The van der Waals surface area contributed by atoms with Gasteiger partial charge in [0.05, 0.1) is 0 Å². The summed E-state index contributed by atoms with van der Waals surface area (Å²) in [6.45, 7) is 5.95. The first-order chi connectivity index (χ1) is 6.38. The first kappa shape index (κ1) is 9.49. The number of likely N-dealkylation sites (tertiary alicyclic amines) is 1. The quantitative estimate of drug-likeness (QED) is 0.589. The number of carbonyl (C=O) groups is 2. The zero-order chi connectivity index (χ0) is 10.5. The molecule has 4 heteroatoms. The Bertz CT molecular complexity index is 292. The number of ether oxygens (including phenoxy) is 1. The Hall–Kier alpha value is -1.06. The van der Waals surface area contributed by atoms with E-state index in [2.05, 4.69) is 0 Å². The van der Waals surface area contributed by atoms with Crippen LogP contribution in [0.2, 0.25) is 0 Å². The summed E-state index contributed by atoms with van der Waals surface area (Å²) in [5.74, 6) is 0.474. The molecule has 0 aromatic carbocycles. The van der Waals surface area contributed by atoms with Gasteiger partial charge in [0.15, 0.2) is 0 Å². The van der Waals surface area contributed by atoms with Gasteiger partial charge in [0, 0.05) is 12.5 Å². The minimum atomic E-state index is -0.524. The Morgan fingerprint density at radius 3 is 2.57 bits per heavy atom. The molecule has 2 atom stereocenters. The molecule has 1 heterocycles. The third kappa shape index (κ3) is 1.61. The number of piperidine rings is 1. The zero-order valence-electron chi connectivity index (χ0n) is 8.74. The molecule has 1 saturated heterocycles. The second-order valence-corrected chi connectivity index (χ2v) is 5.03. The fourth-order valence-electron chi connectivity index (χ4n) is 1.76. The Labute approximate surface area is 83.2 Å². The molecule has 0 spiro atoms. The number of imide groups is 1. The molecule has 2 aliphatic rings. The van der Waals surface area contributed by atoms with Crippen LogP contribution in [0.15, 0.2) is 0 Å². The Morgan fingerprint density at radius 1 is 1.50 bits per heavy atom. The maximum atomic E-state index is 11.5. The first-order valence-electron chi connectivity index (χ1n) is 4.93. The summed E-state index contributed by atoms with van der Waals surface area (Å²) in [5, 5.41) is 0. The molecule has 4 nitrogen and oxygen atoms in total. The van der Waals surface area contributed by atoms with Crippen LogP contribution in [0.3, 0.4) is 0 Å². The van der Waals surface area contributed by atoms with Crippen molar-refractivity contribution in [2.75, 3.05) is 6.54 Å². The second-order valence-electron chi connectivity index (χ2n) is 5.03. The lowest BCUT2D eigenvalue weighted by Crippen LogP contribution is -2.39. The minimum Gasteiger partial charge on any atom is -0.443 e. The molecule has 1 saturated carbocycles. The fraction of sp³-hybridized carbons (Fsp3) is 0.800. The highest BCUT2D eigenvalue weighted by Gasteiger charge is 2.54. The van der Waals surface area contributed by atoms with Gasteiger partial charge in [-0.1, -0.05) is 0 Å². The van der Waals surface area contributed by atoms with E-state index in [1.807, 2.05) is 0 Å². The highest BCUT2D eigenvalue weighted by molar-refractivity contribution is 5.97. The van der Waals surface area contributed by atoms with Crippen LogP contribution in [-0.2, 0) is 9.53 Å². The van der Waals surface area contributed by atoms with Gasteiger partial charge in [-0.05, 0) is 33.1 Å². The molecule has 1 aliphatic heterocycles. The number of amides is 2. The lowest BCUT2D eigenvalue weighted by molar-refractivity contribution is -0.129. The van der Waals surface area contributed by atoms with E-state index < -0.39 is 11.7 Å². The van der Waals surface area contributed by atoms with Gasteiger partial charge in [-0.2, -0.15) is 0 Å². The van der Waals surface area contributed by atoms with Gasteiger partial charge in [-0.25, -0.2) is 9.69 Å². The van der Waals surface area contributed by atoms with Crippen molar-refractivity contribution < 1.29 is 14.3 Å². The molecular formula is C10H15NO3. The van der Waals surface area contributed by atoms with Gasteiger partial charge < -0.3 is 4.74 Å². The Kier molecular flexibility index (Phi) is 1.84. The van der Waals surface area contributed by atoms with Crippen LogP contribution in [0.1, 0.15) is 27.2 Å². The lowest BCUT2D eigenvalue weighted by atomic mass is 10.2. The van der Waals surface area contributed by atoms with Crippen LogP contribution >= 0.6 is 0 Å². The highest BCUT2D eigenvalue weighted by atomic mass is 16.6. The average Bonchev–Trinajstić information content (AvgIpc) is 2.68. The molecule has 2 unspecified atom stereocenters. The summed E-state index contributed by atoms with van der Waals surface area (Å²) in [6.07, 6.45) is 0.465. The van der Waals surface area contributed by atoms with Crippen molar-refractivity contribution in [3.8, 4) is 0 Å². The predicted octanol–water partition coefficient (Wildman–Crippen LogP) is 1.40. The lowest BCUT2D eigenvalue weighted by Gasteiger charge is -2.24. The highest BCUT2D eigenvalue weighted by Crippen LogP contribution is 2.46. The van der Waals surface area contributed by atoms with E-state index in [4.69, 9.17) is 4.74 Å². The molecule has 2 rings (SSSR count). The van der Waals surface area contributed by atoms with Crippen molar-refractivity contribution in [2.24, 2.45) is 11.8 Å². The second kappa shape index (κ2) is 2.72. The van der Waals surface area contributed by atoms with Crippen LogP contribution in [0, 0.1) is 11.8 Å². The van der Waals surface area contributed by atoms with Crippen molar-refractivity contribution in [1.82, 2.24) is 4.90 Å². The SMILES string of the molecule is CC(C)(C)OC(=O)N1CC2CC2C1=O. The molecule has 0 bridgehead atoms. The van der Waals surface area contributed by atoms with Crippen LogP contribution in [-0.4, -0.2) is 29.0 Å². The van der Waals surface area contributed by atoms with Crippen molar-refractivity contribution >= 4 is 12.0 Å². The van der Waals surface area contributed by atoms with Crippen molar-refractivity contribution in [3.63, 3.8) is 0 Å². The maximum absolute atomic E-state index is 11.5. The largest absolute Gasteiger partial charge is 0.443 e. The molecule has 2 amide bonds. The summed E-state index contributed by atoms with van der Waals surface area (Å²) in [4.78, 5) is 24.3. The molecule has 0 N–H and O–H groups in total. The van der Waals surface area contributed by atoms with E-state index in [1.54, 1.807) is 20.8 Å². The smallest absolute Gasteiger partial charge is 0.417 e. The molecular weight excluding hydrogens is 182 g/mol. The Balaban J connectivity index is 1.96. The molecule has 0 radical (unpaired) electrons. The van der Waals surface area contributed by atoms with Crippen LogP contribution in [0.5, 0.6) is 0 Å². The number of hydrogen-bond acceptors (Lipinski definition) is 3. The Morgan fingerprint density at radius 2 is 2.14 bits per heavy atom. The monoisotopic (exact) mass is 197 g/mol. The fourth-order valence-corrected chi connectivity index (χ4v) is 1.76. The summed E-state index contributed by atoms with van der Waals surface area (Å²) in [7, 11) is 0. The maximum Gasteiger partial charge on any atom is 0.417 e. The first-order valence-corrected chi connectivity index (χ1v) is 4.93. The summed E-state index contributed by atoms with van der Waals surface area (Å²) >= 11 is 0.